The van der Waals surface area contributed by atoms with Gasteiger partial charge >= 0.3 is 0 Å². The second kappa shape index (κ2) is 5.51. The summed E-state index contributed by atoms with van der Waals surface area (Å²) >= 11 is 0. The lowest BCUT2D eigenvalue weighted by Crippen LogP contribution is -2.26. The molecule has 0 aromatic heterocycles. The van der Waals surface area contributed by atoms with Crippen LogP contribution in [0.25, 0.3) is 0 Å². The highest BCUT2D eigenvalue weighted by molar-refractivity contribution is 5.91. The van der Waals surface area contributed by atoms with Crippen LogP contribution in [0.3, 0.4) is 0 Å². The van der Waals surface area contributed by atoms with Gasteiger partial charge in [0, 0.05) is 18.2 Å². The summed E-state index contributed by atoms with van der Waals surface area (Å²) in [5, 5.41) is 2.86. The Morgan fingerprint density at radius 3 is 2.73 bits per heavy atom. The second-order valence-electron chi connectivity index (χ2n) is 3.74. The zero-order valence-electron chi connectivity index (χ0n) is 9.29. The molecule has 1 amide bonds. The Hall–Kier alpha value is -1.35. The number of hydrogen-bond acceptors (Lipinski definition) is 2. The first-order chi connectivity index (χ1) is 7.13. The lowest BCUT2D eigenvalue weighted by molar-refractivity contribution is -0.116. The Kier molecular flexibility index (Phi) is 4.31. The summed E-state index contributed by atoms with van der Waals surface area (Å²) in [5.74, 6) is -0.0151. The van der Waals surface area contributed by atoms with Crippen molar-refractivity contribution in [2.75, 3.05) is 5.32 Å². The van der Waals surface area contributed by atoms with Crippen molar-refractivity contribution in [3.8, 4) is 0 Å². The SMILES string of the molecule is CCC(N)CC(=O)Nc1ccccc1C. The first-order valence-corrected chi connectivity index (χ1v) is 5.24. The zero-order valence-corrected chi connectivity index (χ0v) is 9.29. The number of aryl methyl sites for hydroxylation is 1. The normalized spacial score (nSPS) is 12.2. The fraction of sp³-hybridized carbons (Fsp3) is 0.417. The molecule has 0 saturated carbocycles. The third-order valence-corrected chi connectivity index (χ3v) is 2.39. The molecule has 0 fully saturated rings. The number of rotatable bonds is 4. The highest BCUT2D eigenvalue weighted by Gasteiger charge is 2.08. The molecule has 0 heterocycles. The van der Waals surface area contributed by atoms with E-state index in [0.29, 0.717) is 6.42 Å². The number of amides is 1. The lowest BCUT2D eigenvalue weighted by Gasteiger charge is -2.10. The van der Waals surface area contributed by atoms with E-state index in [2.05, 4.69) is 5.32 Å². The minimum Gasteiger partial charge on any atom is -0.327 e. The number of hydrogen-bond donors (Lipinski definition) is 2. The van der Waals surface area contributed by atoms with Crippen molar-refractivity contribution in [2.45, 2.75) is 32.7 Å². The topological polar surface area (TPSA) is 55.1 Å². The first kappa shape index (κ1) is 11.7. The van der Waals surface area contributed by atoms with E-state index in [1.165, 1.54) is 0 Å². The van der Waals surface area contributed by atoms with E-state index in [1.807, 2.05) is 38.1 Å². The number of carbonyl (C=O) groups excluding carboxylic acids is 1. The Balaban J connectivity index is 2.55. The van der Waals surface area contributed by atoms with Crippen molar-refractivity contribution >= 4 is 11.6 Å². The van der Waals surface area contributed by atoms with Crippen LogP contribution in [0, 0.1) is 6.92 Å². The maximum absolute atomic E-state index is 11.5. The fourth-order valence-corrected chi connectivity index (χ4v) is 1.30. The summed E-state index contributed by atoms with van der Waals surface area (Å²) in [4.78, 5) is 11.5. The molecule has 3 heteroatoms. The molecule has 1 aromatic carbocycles. The van der Waals surface area contributed by atoms with Crippen LogP contribution in [0.1, 0.15) is 25.3 Å². The van der Waals surface area contributed by atoms with Crippen molar-refractivity contribution in [2.24, 2.45) is 5.73 Å². The molecule has 0 spiro atoms. The van der Waals surface area contributed by atoms with Crippen molar-refractivity contribution < 1.29 is 4.79 Å². The molecule has 0 radical (unpaired) electrons. The molecule has 3 nitrogen and oxygen atoms in total. The summed E-state index contributed by atoms with van der Waals surface area (Å²) in [6, 6.07) is 7.67. The molecule has 0 aliphatic heterocycles. The van der Waals surface area contributed by atoms with E-state index in [9.17, 15) is 4.79 Å². The number of para-hydroxylation sites is 1. The third kappa shape index (κ3) is 3.72. The van der Waals surface area contributed by atoms with Gasteiger partial charge in [0.25, 0.3) is 0 Å². The van der Waals surface area contributed by atoms with Crippen LogP contribution in [0.2, 0.25) is 0 Å². The summed E-state index contributed by atoms with van der Waals surface area (Å²) < 4.78 is 0. The van der Waals surface area contributed by atoms with Gasteiger partial charge in [-0.05, 0) is 25.0 Å². The van der Waals surface area contributed by atoms with Gasteiger partial charge in [0.15, 0.2) is 0 Å². The first-order valence-electron chi connectivity index (χ1n) is 5.24. The van der Waals surface area contributed by atoms with Gasteiger partial charge in [0.1, 0.15) is 0 Å². The van der Waals surface area contributed by atoms with E-state index in [-0.39, 0.29) is 11.9 Å². The van der Waals surface area contributed by atoms with Crippen molar-refractivity contribution in [1.29, 1.82) is 0 Å². The van der Waals surface area contributed by atoms with Crippen LogP contribution in [0.15, 0.2) is 24.3 Å². The molecule has 15 heavy (non-hydrogen) atoms. The smallest absolute Gasteiger partial charge is 0.225 e. The Bertz CT molecular complexity index is 336. The summed E-state index contributed by atoms with van der Waals surface area (Å²) in [6.07, 6.45) is 1.20. The van der Waals surface area contributed by atoms with Crippen LogP contribution in [-0.2, 0) is 4.79 Å². The predicted octanol–water partition coefficient (Wildman–Crippen LogP) is 2.06. The Morgan fingerprint density at radius 2 is 2.13 bits per heavy atom. The van der Waals surface area contributed by atoms with Gasteiger partial charge in [0.2, 0.25) is 5.91 Å². The molecule has 1 atom stereocenters. The second-order valence-corrected chi connectivity index (χ2v) is 3.74. The molecule has 82 valence electrons. The van der Waals surface area contributed by atoms with E-state index in [1.54, 1.807) is 0 Å². The fourth-order valence-electron chi connectivity index (χ4n) is 1.30. The number of anilines is 1. The number of nitrogens with two attached hydrogens (primary N) is 1. The highest BCUT2D eigenvalue weighted by atomic mass is 16.1. The predicted molar refractivity (Wildman–Crippen MR) is 62.7 cm³/mol. The molecule has 3 N–H and O–H groups in total. The van der Waals surface area contributed by atoms with Crippen LogP contribution >= 0.6 is 0 Å². The minimum atomic E-state index is -0.0472. The van der Waals surface area contributed by atoms with Gasteiger partial charge in [0.05, 0.1) is 0 Å². The van der Waals surface area contributed by atoms with Crippen LogP contribution in [-0.4, -0.2) is 11.9 Å². The molecule has 0 saturated heterocycles. The van der Waals surface area contributed by atoms with Gasteiger partial charge < -0.3 is 11.1 Å². The monoisotopic (exact) mass is 206 g/mol. The van der Waals surface area contributed by atoms with Gasteiger partial charge in [-0.2, -0.15) is 0 Å². The minimum absolute atomic E-state index is 0.0151. The average molecular weight is 206 g/mol. The summed E-state index contributed by atoms with van der Waals surface area (Å²) in [7, 11) is 0. The molecular weight excluding hydrogens is 188 g/mol. The third-order valence-electron chi connectivity index (χ3n) is 2.39. The molecule has 0 aliphatic carbocycles. The maximum Gasteiger partial charge on any atom is 0.225 e. The van der Waals surface area contributed by atoms with Gasteiger partial charge in [-0.25, -0.2) is 0 Å². The molecule has 1 unspecified atom stereocenters. The largest absolute Gasteiger partial charge is 0.327 e. The standard InChI is InChI=1S/C12H18N2O/c1-3-10(13)8-12(15)14-11-7-5-4-6-9(11)2/h4-7,10H,3,8,13H2,1-2H3,(H,14,15). The van der Waals surface area contributed by atoms with Crippen molar-refractivity contribution in [3.63, 3.8) is 0 Å². The molecule has 0 aliphatic rings. The van der Waals surface area contributed by atoms with Gasteiger partial charge in [-0.3, -0.25) is 4.79 Å². The van der Waals surface area contributed by atoms with Crippen LogP contribution in [0.5, 0.6) is 0 Å². The highest BCUT2D eigenvalue weighted by Crippen LogP contribution is 2.13. The van der Waals surface area contributed by atoms with Crippen molar-refractivity contribution in [3.05, 3.63) is 29.8 Å². The van der Waals surface area contributed by atoms with Crippen molar-refractivity contribution in [1.82, 2.24) is 0 Å². The van der Waals surface area contributed by atoms with Gasteiger partial charge in [-0.15, -0.1) is 0 Å². The zero-order chi connectivity index (χ0) is 11.3. The van der Waals surface area contributed by atoms with E-state index in [0.717, 1.165) is 17.7 Å². The van der Waals surface area contributed by atoms with Crippen LogP contribution < -0.4 is 11.1 Å². The Labute approximate surface area is 90.7 Å². The maximum atomic E-state index is 11.5. The molecule has 1 aromatic rings. The summed E-state index contributed by atoms with van der Waals surface area (Å²) in [5.41, 5.74) is 7.64. The quantitative estimate of drug-likeness (QED) is 0.792. The molecule has 0 bridgehead atoms. The Morgan fingerprint density at radius 1 is 1.47 bits per heavy atom. The number of carbonyl (C=O) groups is 1. The van der Waals surface area contributed by atoms with Gasteiger partial charge in [-0.1, -0.05) is 25.1 Å². The molecule has 1 rings (SSSR count). The van der Waals surface area contributed by atoms with E-state index >= 15 is 0 Å². The van der Waals surface area contributed by atoms with Crippen LogP contribution in [0.4, 0.5) is 5.69 Å². The summed E-state index contributed by atoms with van der Waals surface area (Å²) in [6.45, 7) is 3.95. The van der Waals surface area contributed by atoms with E-state index in [4.69, 9.17) is 5.73 Å². The molecular formula is C12H18N2O. The number of nitrogens with one attached hydrogen (secondary N) is 1. The lowest BCUT2D eigenvalue weighted by atomic mass is 10.1. The number of benzene rings is 1. The average Bonchev–Trinajstić information content (AvgIpc) is 2.21. The van der Waals surface area contributed by atoms with E-state index < -0.39 is 0 Å².